The zero-order chi connectivity index (χ0) is 12.1. The largest absolute Gasteiger partial charge is 0.349 e. The highest BCUT2D eigenvalue weighted by Gasteiger charge is 1.99. The third-order valence-electron chi connectivity index (χ3n) is 1.85. The fraction of sp³-hybridized carbons (Fsp3) is 0.571. The van der Waals surface area contributed by atoms with Crippen LogP contribution in [0.1, 0.15) is 33.6 Å². The van der Waals surface area contributed by atoms with Gasteiger partial charge in [0, 0.05) is 13.2 Å². The molecule has 0 amide bonds. The first kappa shape index (κ1) is 15.1. The van der Waals surface area contributed by atoms with E-state index >= 15 is 0 Å². The summed E-state index contributed by atoms with van der Waals surface area (Å²) < 4.78 is 10.7. The van der Waals surface area contributed by atoms with Crippen molar-refractivity contribution in [2.45, 2.75) is 39.9 Å². The molecule has 0 aliphatic carbocycles. The smallest absolute Gasteiger partial charge is 0.177 e. The Morgan fingerprint density at radius 2 is 1.56 bits per heavy atom. The Hall–Kier alpha value is -0.860. The zero-order valence-electron chi connectivity index (χ0n) is 10.7. The summed E-state index contributed by atoms with van der Waals surface area (Å²) in [5, 5.41) is 0. The molecular weight excluding hydrogens is 200 g/mol. The fourth-order valence-corrected chi connectivity index (χ4v) is 1.14. The van der Waals surface area contributed by atoms with Crippen LogP contribution in [-0.2, 0) is 9.47 Å². The van der Waals surface area contributed by atoms with Crippen molar-refractivity contribution in [1.82, 2.24) is 0 Å². The second-order valence-corrected chi connectivity index (χ2v) is 3.21. The maximum Gasteiger partial charge on any atom is 0.177 e. The molecule has 0 radical (unpaired) electrons. The van der Waals surface area contributed by atoms with Crippen molar-refractivity contribution in [3.63, 3.8) is 0 Å². The molecule has 0 saturated heterocycles. The molecule has 0 aromatic carbocycles. The lowest BCUT2D eigenvalue weighted by Gasteiger charge is -2.11. The lowest BCUT2D eigenvalue weighted by molar-refractivity contribution is -0.103. The van der Waals surface area contributed by atoms with Crippen LogP contribution in [-0.4, -0.2) is 19.5 Å². The highest BCUT2D eigenvalue weighted by atomic mass is 16.7. The van der Waals surface area contributed by atoms with Crippen LogP contribution >= 0.6 is 0 Å². The quantitative estimate of drug-likeness (QED) is 0.336. The van der Waals surface area contributed by atoms with Gasteiger partial charge in [-0.05, 0) is 32.8 Å². The van der Waals surface area contributed by atoms with Crippen LogP contribution in [0.3, 0.4) is 0 Å². The molecule has 0 saturated carbocycles. The van der Waals surface area contributed by atoms with E-state index in [4.69, 9.17) is 9.47 Å². The van der Waals surface area contributed by atoms with Gasteiger partial charge in [-0.3, -0.25) is 0 Å². The Morgan fingerprint density at radius 3 is 2.12 bits per heavy atom. The van der Waals surface area contributed by atoms with Crippen molar-refractivity contribution in [1.29, 1.82) is 0 Å². The minimum absolute atomic E-state index is 0.217. The third-order valence-corrected chi connectivity index (χ3v) is 1.85. The molecule has 92 valence electrons. The van der Waals surface area contributed by atoms with Crippen molar-refractivity contribution < 1.29 is 9.47 Å². The zero-order valence-corrected chi connectivity index (χ0v) is 10.7. The van der Waals surface area contributed by atoms with Crippen LogP contribution in [0.2, 0.25) is 0 Å². The molecule has 16 heavy (non-hydrogen) atoms. The Labute approximate surface area is 99.6 Å². The monoisotopic (exact) mass is 224 g/mol. The molecule has 0 rings (SSSR count). The van der Waals surface area contributed by atoms with Crippen LogP contribution in [0.4, 0.5) is 0 Å². The van der Waals surface area contributed by atoms with E-state index < -0.39 is 0 Å². The van der Waals surface area contributed by atoms with E-state index in [0.29, 0.717) is 13.2 Å². The molecule has 0 bridgehead atoms. The van der Waals surface area contributed by atoms with Gasteiger partial charge in [0.15, 0.2) is 6.29 Å². The summed E-state index contributed by atoms with van der Waals surface area (Å²) in [6, 6.07) is 0. The summed E-state index contributed by atoms with van der Waals surface area (Å²) in [4.78, 5) is 0. The molecule has 0 aromatic rings. The molecule has 2 nitrogen and oxygen atoms in total. The summed E-state index contributed by atoms with van der Waals surface area (Å²) in [7, 11) is 0. The van der Waals surface area contributed by atoms with Crippen molar-refractivity contribution in [3.05, 3.63) is 36.5 Å². The van der Waals surface area contributed by atoms with Gasteiger partial charge in [-0.25, -0.2) is 0 Å². The van der Waals surface area contributed by atoms with Crippen LogP contribution in [0.5, 0.6) is 0 Å². The van der Waals surface area contributed by atoms with Gasteiger partial charge < -0.3 is 9.47 Å². The molecule has 0 unspecified atom stereocenters. The van der Waals surface area contributed by atoms with Crippen LogP contribution in [0, 0.1) is 0 Å². The van der Waals surface area contributed by atoms with Crippen LogP contribution < -0.4 is 0 Å². The van der Waals surface area contributed by atoms with Gasteiger partial charge in [0.2, 0.25) is 0 Å². The average molecular weight is 224 g/mol. The van der Waals surface area contributed by atoms with E-state index in [-0.39, 0.29) is 6.29 Å². The number of ether oxygens (including phenoxy) is 2. The summed E-state index contributed by atoms with van der Waals surface area (Å²) >= 11 is 0. The molecule has 0 aliphatic heterocycles. The minimum Gasteiger partial charge on any atom is -0.349 e. The molecule has 2 heteroatoms. The Balaban J connectivity index is 3.80. The highest BCUT2D eigenvalue weighted by Crippen LogP contribution is 1.98. The van der Waals surface area contributed by atoms with E-state index in [1.807, 2.05) is 32.1 Å². The van der Waals surface area contributed by atoms with Crippen molar-refractivity contribution in [2.24, 2.45) is 0 Å². The second-order valence-electron chi connectivity index (χ2n) is 3.21. The van der Waals surface area contributed by atoms with E-state index in [0.717, 1.165) is 12.8 Å². The van der Waals surface area contributed by atoms with Gasteiger partial charge in [-0.2, -0.15) is 0 Å². The van der Waals surface area contributed by atoms with Gasteiger partial charge in [-0.1, -0.05) is 37.3 Å². The summed E-state index contributed by atoms with van der Waals surface area (Å²) in [5.74, 6) is 0. The molecule has 0 N–H and O–H groups in total. The SMILES string of the molecule is CC/C=C\C/C=C/C=C/C(OCC)OCC. The van der Waals surface area contributed by atoms with Gasteiger partial charge >= 0.3 is 0 Å². The van der Waals surface area contributed by atoms with E-state index in [1.54, 1.807) is 0 Å². The molecular formula is C14H24O2. The number of allylic oxidation sites excluding steroid dienone is 5. The Kier molecular flexibility index (Phi) is 11.6. The maximum atomic E-state index is 5.37. The van der Waals surface area contributed by atoms with Gasteiger partial charge in [-0.15, -0.1) is 0 Å². The molecule has 0 aliphatic rings. The van der Waals surface area contributed by atoms with Crippen molar-refractivity contribution in [2.75, 3.05) is 13.2 Å². The minimum atomic E-state index is -0.217. The molecule has 0 fully saturated rings. The van der Waals surface area contributed by atoms with Crippen LogP contribution in [0.25, 0.3) is 0 Å². The topological polar surface area (TPSA) is 18.5 Å². The standard InChI is InChI=1S/C14H24O2/c1-4-7-8-9-10-11-12-13-14(15-5-2)16-6-3/h7-8,10-14H,4-6,9H2,1-3H3/b8-7-,11-10+,13-12+. The number of rotatable bonds is 9. The maximum absolute atomic E-state index is 5.37. The van der Waals surface area contributed by atoms with E-state index in [1.165, 1.54) is 0 Å². The predicted molar refractivity (Wildman–Crippen MR) is 69.4 cm³/mol. The summed E-state index contributed by atoms with van der Waals surface area (Å²) in [6.07, 6.45) is 14.2. The van der Waals surface area contributed by atoms with E-state index in [2.05, 4.69) is 25.2 Å². The first-order valence-corrected chi connectivity index (χ1v) is 6.06. The highest BCUT2D eigenvalue weighted by molar-refractivity contribution is 5.05. The lowest BCUT2D eigenvalue weighted by Crippen LogP contribution is -2.13. The van der Waals surface area contributed by atoms with E-state index in [9.17, 15) is 0 Å². The molecule has 0 atom stereocenters. The first-order valence-electron chi connectivity index (χ1n) is 6.06. The van der Waals surface area contributed by atoms with Crippen molar-refractivity contribution >= 4 is 0 Å². The summed E-state index contributed by atoms with van der Waals surface area (Å²) in [5.41, 5.74) is 0. The van der Waals surface area contributed by atoms with Crippen molar-refractivity contribution in [3.8, 4) is 0 Å². The number of hydrogen-bond donors (Lipinski definition) is 0. The second kappa shape index (κ2) is 12.2. The predicted octanol–water partition coefficient (Wildman–Crippen LogP) is 3.85. The first-order chi connectivity index (χ1) is 7.85. The third kappa shape index (κ3) is 9.69. The molecule has 0 aromatic heterocycles. The Morgan fingerprint density at radius 1 is 0.875 bits per heavy atom. The summed E-state index contributed by atoms with van der Waals surface area (Å²) in [6.45, 7) is 7.39. The van der Waals surface area contributed by atoms with Gasteiger partial charge in [0.25, 0.3) is 0 Å². The molecule has 0 heterocycles. The normalized spacial score (nSPS) is 12.8. The lowest BCUT2D eigenvalue weighted by atomic mass is 10.3. The van der Waals surface area contributed by atoms with Gasteiger partial charge in [0.1, 0.15) is 0 Å². The van der Waals surface area contributed by atoms with Crippen LogP contribution in [0.15, 0.2) is 36.5 Å². The van der Waals surface area contributed by atoms with Gasteiger partial charge in [0.05, 0.1) is 0 Å². The molecule has 0 spiro atoms. The average Bonchev–Trinajstić information content (AvgIpc) is 2.28. The fourth-order valence-electron chi connectivity index (χ4n) is 1.14. The number of hydrogen-bond acceptors (Lipinski definition) is 2. The Bertz CT molecular complexity index is 211.